The number of carbonyl (C=O) groups excluding carboxylic acids is 1. The summed E-state index contributed by atoms with van der Waals surface area (Å²) in [6, 6.07) is 9.99. The largest absolute Gasteiger partial charge is 0.373 e. The number of benzene rings is 1. The standard InChI is InChI=1S/C24H23ClN8O2/c1-14(24(35)28-11-15-12-29-32(2)13-15)30-20-9-22(34)33(3)21-5-4-16(8-17(20)21)31-19-6-7-27-23(25)18(19)10-26/h4-9,12-14,30H,11H2,1-3H3,(H,27,31)(H,28,35)/t14-/m1/s1. The predicted octanol–water partition coefficient (Wildman–Crippen LogP) is 3.05. The van der Waals surface area contributed by atoms with E-state index in [1.165, 1.54) is 16.8 Å². The van der Waals surface area contributed by atoms with Crippen LogP contribution < -0.4 is 21.5 Å². The number of pyridine rings is 2. The Bertz CT molecular complexity index is 1520. The maximum Gasteiger partial charge on any atom is 0.252 e. The molecule has 0 aliphatic rings. The summed E-state index contributed by atoms with van der Waals surface area (Å²) >= 11 is 6.04. The Labute approximate surface area is 206 Å². The molecule has 178 valence electrons. The second-order valence-corrected chi connectivity index (χ2v) is 8.41. The number of anilines is 3. The van der Waals surface area contributed by atoms with Crippen LogP contribution in [-0.4, -0.2) is 31.3 Å². The first-order chi connectivity index (χ1) is 16.8. The number of carbonyl (C=O) groups is 1. The molecule has 0 aliphatic carbocycles. The zero-order valence-electron chi connectivity index (χ0n) is 19.3. The average molecular weight is 491 g/mol. The van der Waals surface area contributed by atoms with Crippen molar-refractivity contribution in [3.63, 3.8) is 0 Å². The van der Waals surface area contributed by atoms with Gasteiger partial charge in [-0.15, -0.1) is 0 Å². The first kappa shape index (κ1) is 23.8. The SMILES string of the molecule is C[C@@H](Nc1cc(=O)n(C)c2ccc(Nc3ccnc(Cl)c3C#N)cc12)C(=O)NCc1cnn(C)c1. The van der Waals surface area contributed by atoms with Gasteiger partial charge < -0.3 is 20.5 Å². The van der Waals surface area contributed by atoms with Gasteiger partial charge in [0.15, 0.2) is 0 Å². The minimum absolute atomic E-state index is 0.106. The zero-order valence-corrected chi connectivity index (χ0v) is 20.1. The highest BCUT2D eigenvalue weighted by atomic mass is 35.5. The van der Waals surface area contributed by atoms with Crippen molar-refractivity contribution in [3.8, 4) is 6.07 Å². The molecule has 0 spiro atoms. The van der Waals surface area contributed by atoms with Crippen LogP contribution in [0.25, 0.3) is 10.9 Å². The predicted molar refractivity (Wildman–Crippen MR) is 135 cm³/mol. The summed E-state index contributed by atoms with van der Waals surface area (Å²) in [6.07, 6.45) is 5.03. The van der Waals surface area contributed by atoms with Crippen molar-refractivity contribution in [1.82, 2.24) is 24.6 Å². The highest BCUT2D eigenvalue weighted by molar-refractivity contribution is 6.31. The summed E-state index contributed by atoms with van der Waals surface area (Å²) in [5, 5.41) is 23.6. The lowest BCUT2D eigenvalue weighted by Gasteiger charge is -2.18. The van der Waals surface area contributed by atoms with Crippen molar-refractivity contribution in [2.45, 2.75) is 19.5 Å². The maximum absolute atomic E-state index is 12.7. The monoisotopic (exact) mass is 490 g/mol. The Morgan fingerprint density at radius 3 is 2.74 bits per heavy atom. The number of aryl methyl sites for hydroxylation is 2. The molecule has 4 aromatic rings. The van der Waals surface area contributed by atoms with E-state index < -0.39 is 6.04 Å². The molecule has 1 aromatic carbocycles. The van der Waals surface area contributed by atoms with E-state index in [9.17, 15) is 14.9 Å². The van der Waals surface area contributed by atoms with Gasteiger partial charge in [-0.2, -0.15) is 10.4 Å². The van der Waals surface area contributed by atoms with E-state index in [-0.39, 0.29) is 22.2 Å². The Kier molecular flexibility index (Phi) is 6.71. The second-order valence-electron chi connectivity index (χ2n) is 8.05. The molecule has 3 N–H and O–H groups in total. The maximum atomic E-state index is 12.7. The van der Waals surface area contributed by atoms with Crippen molar-refractivity contribution in [2.24, 2.45) is 14.1 Å². The Hall–Kier alpha value is -4.36. The highest BCUT2D eigenvalue weighted by Crippen LogP contribution is 2.29. The number of nitrogens with one attached hydrogen (secondary N) is 3. The van der Waals surface area contributed by atoms with E-state index in [4.69, 9.17) is 11.6 Å². The van der Waals surface area contributed by atoms with E-state index in [1.54, 1.807) is 43.0 Å². The minimum atomic E-state index is -0.609. The average Bonchev–Trinajstić information content (AvgIpc) is 3.26. The quantitative estimate of drug-likeness (QED) is 0.339. The molecular weight excluding hydrogens is 468 g/mol. The number of halogens is 1. The van der Waals surface area contributed by atoms with Crippen LogP contribution in [0.2, 0.25) is 5.15 Å². The molecule has 3 heterocycles. The van der Waals surface area contributed by atoms with Crippen LogP contribution in [0.15, 0.2) is 53.7 Å². The lowest BCUT2D eigenvalue weighted by Crippen LogP contribution is -2.37. The molecule has 35 heavy (non-hydrogen) atoms. The van der Waals surface area contributed by atoms with Gasteiger partial charge in [-0.05, 0) is 31.2 Å². The summed E-state index contributed by atoms with van der Waals surface area (Å²) < 4.78 is 3.20. The summed E-state index contributed by atoms with van der Waals surface area (Å²) in [6.45, 7) is 2.07. The van der Waals surface area contributed by atoms with E-state index >= 15 is 0 Å². The molecule has 1 atom stereocenters. The van der Waals surface area contributed by atoms with Crippen molar-refractivity contribution in [2.75, 3.05) is 10.6 Å². The number of nitriles is 1. The highest BCUT2D eigenvalue weighted by Gasteiger charge is 2.16. The van der Waals surface area contributed by atoms with Gasteiger partial charge in [0.2, 0.25) is 5.91 Å². The fourth-order valence-electron chi connectivity index (χ4n) is 3.66. The number of nitrogens with zero attached hydrogens (tertiary/aromatic N) is 5. The van der Waals surface area contributed by atoms with Crippen LogP contribution in [0.3, 0.4) is 0 Å². The van der Waals surface area contributed by atoms with E-state index in [0.29, 0.717) is 29.1 Å². The molecule has 0 bridgehead atoms. The minimum Gasteiger partial charge on any atom is -0.373 e. The molecule has 1 amide bonds. The molecule has 10 nitrogen and oxygen atoms in total. The number of hydrogen-bond acceptors (Lipinski definition) is 7. The van der Waals surface area contributed by atoms with Gasteiger partial charge in [0.25, 0.3) is 5.56 Å². The number of fused-ring (bicyclic) bond motifs is 1. The van der Waals surface area contributed by atoms with Crippen LogP contribution >= 0.6 is 11.6 Å². The summed E-state index contributed by atoms with van der Waals surface area (Å²) in [5.74, 6) is -0.220. The van der Waals surface area contributed by atoms with Crippen LogP contribution in [0.4, 0.5) is 17.1 Å². The van der Waals surface area contributed by atoms with Gasteiger partial charge in [0.1, 0.15) is 22.8 Å². The molecule has 0 aliphatic heterocycles. The molecule has 3 aromatic heterocycles. The van der Waals surface area contributed by atoms with Crippen LogP contribution in [0.1, 0.15) is 18.1 Å². The summed E-state index contributed by atoms with van der Waals surface area (Å²) in [5.41, 5.74) is 3.28. The number of rotatable bonds is 7. The smallest absolute Gasteiger partial charge is 0.252 e. The topological polar surface area (TPSA) is 130 Å². The molecule has 0 radical (unpaired) electrons. The lowest BCUT2D eigenvalue weighted by molar-refractivity contribution is -0.121. The van der Waals surface area contributed by atoms with Gasteiger partial charge in [0.05, 0.1) is 17.4 Å². The number of amides is 1. The Morgan fingerprint density at radius 2 is 2.03 bits per heavy atom. The number of hydrogen-bond donors (Lipinski definition) is 3. The third kappa shape index (κ3) is 5.10. The van der Waals surface area contributed by atoms with E-state index in [1.807, 2.05) is 25.4 Å². The van der Waals surface area contributed by atoms with Gasteiger partial charge in [-0.3, -0.25) is 14.3 Å². The van der Waals surface area contributed by atoms with Crippen LogP contribution in [0.5, 0.6) is 0 Å². The van der Waals surface area contributed by atoms with Gasteiger partial charge in [-0.25, -0.2) is 4.98 Å². The Balaban J connectivity index is 1.61. The molecule has 0 saturated heterocycles. The summed E-state index contributed by atoms with van der Waals surface area (Å²) in [7, 11) is 3.49. The summed E-state index contributed by atoms with van der Waals surface area (Å²) in [4.78, 5) is 29.2. The molecule has 0 unspecified atom stereocenters. The van der Waals surface area contributed by atoms with E-state index in [0.717, 1.165) is 10.9 Å². The van der Waals surface area contributed by atoms with Gasteiger partial charge >= 0.3 is 0 Å². The second kappa shape index (κ2) is 9.87. The van der Waals surface area contributed by atoms with Crippen molar-refractivity contribution in [3.05, 3.63) is 75.6 Å². The van der Waals surface area contributed by atoms with Crippen LogP contribution in [-0.2, 0) is 25.4 Å². The fourth-order valence-corrected chi connectivity index (χ4v) is 3.87. The zero-order chi connectivity index (χ0) is 25.1. The fraction of sp³-hybridized carbons (Fsp3) is 0.208. The normalized spacial score (nSPS) is 11.6. The number of aromatic nitrogens is 4. The Morgan fingerprint density at radius 1 is 1.23 bits per heavy atom. The molecule has 4 rings (SSSR count). The van der Waals surface area contributed by atoms with Crippen molar-refractivity contribution < 1.29 is 4.79 Å². The van der Waals surface area contributed by atoms with E-state index in [2.05, 4.69) is 26.0 Å². The molecular formula is C24H23ClN8O2. The third-order valence-corrected chi connectivity index (χ3v) is 5.82. The van der Waals surface area contributed by atoms with Gasteiger partial charge in [-0.1, -0.05) is 11.6 Å². The lowest BCUT2D eigenvalue weighted by atomic mass is 10.1. The molecule has 0 fully saturated rings. The molecule has 0 saturated carbocycles. The van der Waals surface area contributed by atoms with Crippen molar-refractivity contribution >= 4 is 45.5 Å². The van der Waals surface area contributed by atoms with Crippen LogP contribution in [0, 0.1) is 11.3 Å². The first-order valence-corrected chi connectivity index (χ1v) is 11.1. The molecule has 11 heteroatoms. The first-order valence-electron chi connectivity index (χ1n) is 10.7. The van der Waals surface area contributed by atoms with Gasteiger partial charge in [0, 0.05) is 61.4 Å². The van der Waals surface area contributed by atoms with Crippen molar-refractivity contribution in [1.29, 1.82) is 5.26 Å². The third-order valence-electron chi connectivity index (χ3n) is 5.53.